The van der Waals surface area contributed by atoms with Gasteiger partial charge in [-0.05, 0) is 54.7 Å². The van der Waals surface area contributed by atoms with E-state index in [1.54, 1.807) is 30.1 Å². The van der Waals surface area contributed by atoms with Crippen molar-refractivity contribution in [3.63, 3.8) is 0 Å². The first-order valence-corrected chi connectivity index (χ1v) is 18.5. The molecule has 0 bridgehead atoms. The maximum absolute atomic E-state index is 13.9. The number of anilines is 2. The summed E-state index contributed by atoms with van der Waals surface area (Å²) in [7, 11) is -2.37. The van der Waals surface area contributed by atoms with Crippen molar-refractivity contribution in [1.82, 2.24) is 14.9 Å². The van der Waals surface area contributed by atoms with E-state index < -0.39 is 16.1 Å². The van der Waals surface area contributed by atoms with Gasteiger partial charge in [0, 0.05) is 44.5 Å². The monoisotopic (exact) mass is 683 g/mol. The summed E-state index contributed by atoms with van der Waals surface area (Å²) in [5, 5.41) is 6.51. The minimum atomic E-state index is -4.12. The molecule has 47 heavy (non-hydrogen) atoms. The Bertz CT molecular complexity index is 1550. The Morgan fingerprint density at radius 2 is 1.49 bits per heavy atom. The van der Waals surface area contributed by atoms with Crippen LogP contribution >= 0.6 is 11.6 Å². The number of unbranched alkanes of at least 4 members (excludes halogenated alkanes) is 5. The number of sulfonamides is 1. The molecule has 0 aromatic heterocycles. The minimum Gasteiger partial charge on any atom is -0.385 e. The quantitative estimate of drug-likeness (QED) is 0.116. The molecule has 0 radical (unpaired) electrons. The van der Waals surface area contributed by atoms with Crippen LogP contribution in [0.15, 0.2) is 71.6 Å². The fourth-order valence-electron chi connectivity index (χ4n) is 5.14. The Kier molecular flexibility index (Phi) is 15.4. The van der Waals surface area contributed by atoms with Gasteiger partial charge in [0.25, 0.3) is 10.0 Å². The molecule has 0 heterocycles. The van der Waals surface area contributed by atoms with Crippen molar-refractivity contribution >= 4 is 45.1 Å². The van der Waals surface area contributed by atoms with Crippen LogP contribution in [0, 0.1) is 0 Å². The Hall–Kier alpha value is -3.76. The maximum Gasteiger partial charge on any atom is 0.328 e. The van der Waals surface area contributed by atoms with E-state index in [0.29, 0.717) is 41.5 Å². The van der Waals surface area contributed by atoms with Gasteiger partial charge in [-0.15, -0.1) is 0 Å². The Morgan fingerprint density at radius 1 is 0.809 bits per heavy atom. The molecule has 256 valence electrons. The largest absolute Gasteiger partial charge is 0.385 e. The molecule has 9 nitrogen and oxygen atoms in total. The summed E-state index contributed by atoms with van der Waals surface area (Å²) in [6.07, 6.45) is 7.90. The van der Waals surface area contributed by atoms with Gasteiger partial charge in [0.2, 0.25) is 0 Å². The lowest BCUT2D eigenvalue weighted by Gasteiger charge is -2.29. The van der Waals surface area contributed by atoms with E-state index in [2.05, 4.69) is 29.2 Å². The fourth-order valence-corrected chi connectivity index (χ4v) is 6.54. The summed E-state index contributed by atoms with van der Waals surface area (Å²) in [6.45, 7) is 8.49. The molecule has 0 saturated carbocycles. The summed E-state index contributed by atoms with van der Waals surface area (Å²) in [5.74, 6) is 0. The van der Waals surface area contributed by atoms with Gasteiger partial charge in [-0.25, -0.2) is 22.7 Å². The van der Waals surface area contributed by atoms with Gasteiger partial charge in [-0.1, -0.05) is 107 Å². The van der Waals surface area contributed by atoms with Crippen LogP contribution < -0.4 is 20.3 Å². The summed E-state index contributed by atoms with van der Waals surface area (Å²) in [5.41, 5.74) is 3.61. The summed E-state index contributed by atoms with van der Waals surface area (Å²) < 4.78 is 28.4. The molecule has 0 aliphatic heterocycles. The molecular formula is C36H50ClN5O4S. The zero-order chi connectivity index (χ0) is 34.2. The molecule has 0 atom stereocenters. The molecule has 0 fully saturated rings. The first-order valence-electron chi connectivity index (χ1n) is 16.7. The van der Waals surface area contributed by atoms with Crippen molar-refractivity contribution in [2.75, 3.05) is 36.9 Å². The third-order valence-electron chi connectivity index (χ3n) is 7.86. The van der Waals surface area contributed by atoms with Crippen molar-refractivity contribution in [1.29, 1.82) is 0 Å². The van der Waals surface area contributed by atoms with Crippen molar-refractivity contribution in [2.45, 2.75) is 83.6 Å². The van der Waals surface area contributed by atoms with E-state index in [9.17, 15) is 18.0 Å². The third kappa shape index (κ3) is 11.5. The van der Waals surface area contributed by atoms with Gasteiger partial charge in [0.05, 0.1) is 15.6 Å². The first kappa shape index (κ1) is 37.7. The molecule has 0 aliphatic carbocycles. The zero-order valence-electron chi connectivity index (χ0n) is 28.1. The highest BCUT2D eigenvalue weighted by molar-refractivity contribution is 7.90. The predicted molar refractivity (Wildman–Crippen MR) is 194 cm³/mol. The number of hydrogen-bond acceptors (Lipinski definition) is 5. The standard InChI is InChI=1S/C36H50ClN5O4S/c1-5-8-13-24-38-30-21-22-32(37)33(26-30)41(4)36(44)42(25-14-9-6-2)27-28-17-19-29(20-18-28)31-15-11-12-16-34(31)47(45,46)40-35(43)39-23-10-7-3/h11-12,15-22,26,38H,5-10,13-14,23-25,27H2,1-4H3,(H2,39,40,43). The lowest BCUT2D eigenvalue weighted by molar-refractivity contribution is 0.202. The number of nitrogens with one attached hydrogen (secondary N) is 3. The number of nitrogens with zero attached hydrogens (tertiary/aromatic N) is 2. The number of halogens is 1. The SMILES string of the molecule is CCCCCNc1ccc(Cl)c(N(C)C(=O)N(CCCCC)Cc2ccc(-c3ccccc3S(=O)(=O)NC(=O)NCCCC)cc2)c1. The number of amides is 4. The number of rotatable bonds is 18. The second-order valence-electron chi connectivity index (χ2n) is 11.7. The topological polar surface area (TPSA) is 111 Å². The van der Waals surface area contributed by atoms with Gasteiger partial charge in [-0.3, -0.25) is 4.90 Å². The maximum atomic E-state index is 13.9. The summed E-state index contributed by atoms with van der Waals surface area (Å²) >= 11 is 6.58. The van der Waals surface area contributed by atoms with E-state index in [4.69, 9.17) is 11.6 Å². The first-order chi connectivity index (χ1) is 22.6. The van der Waals surface area contributed by atoms with Crippen molar-refractivity contribution < 1.29 is 18.0 Å². The Balaban J connectivity index is 1.79. The fraction of sp³-hybridized carbons (Fsp3) is 0.444. The molecule has 0 saturated heterocycles. The van der Waals surface area contributed by atoms with E-state index in [-0.39, 0.29) is 10.9 Å². The summed E-state index contributed by atoms with van der Waals surface area (Å²) in [6, 6.07) is 18.8. The van der Waals surface area contributed by atoms with Crippen LogP contribution in [0.1, 0.15) is 77.7 Å². The van der Waals surface area contributed by atoms with E-state index in [1.807, 2.05) is 54.3 Å². The number of hydrogen-bond donors (Lipinski definition) is 3. The van der Waals surface area contributed by atoms with Crippen LogP contribution in [0.5, 0.6) is 0 Å². The van der Waals surface area contributed by atoms with Crippen LogP contribution in [0.25, 0.3) is 11.1 Å². The van der Waals surface area contributed by atoms with Gasteiger partial charge in [-0.2, -0.15) is 0 Å². The van der Waals surface area contributed by atoms with Crippen LogP contribution in [-0.2, 0) is 16.6 Å². The van der Waals surface area contributed by atoms with Gasteiger partial charge >= 0.3 is 12.1 Å². The van der Waals surface area contributed by atoms with Crippen LogP contribution in [0.3, 0.4) is 0 Å². The molecule has 4 amide bonds. The van der Waals surface area contributed by atoms with Crippen LogP contribution in [-0.4, -0.2) is 52.1 Å². The molecule has 0 spiro atoms. The average Bonchev–Trinajstić information content (AvgIpc) is 3.06. The van der Waals surface area contributed by atoms with Crippen LogP contribution in [0.4, 0.5) is 21.0 Å². The van der Waals surface area contributed by atoms with Crippen molar-refractivity contribution in [3.8, 4) is 11.1 Å². The molecule has 0 aliphatic rings. The zero-order valence-corrected chi connectivity index (χ0v) is 29.7. The molecule has 0 unspecified atom stereocenters. The molecule has 11 heteroatoms. The lowest BCUT2D eigenvalue weighted by Crippen LogP contribution is -2.41. The highest BCUT2D eigenvalue weighted by atomic mass is 35.5. The molecule has 3 N–H and O–H groups in total. The second kappa shape index (κ2) is 19.2. The van der Waals surface area contributed by atoms with E-state index >= 15 is 0 Å². The number of benzene rings is 3. The van der Waals surface area contributed by atoms with Crippen LogP contribution in [0.2, 0.25) is 5.02 Å². The van der Waals surface area contributed by atoms with Crippen molar-refractivity contribution in [3.05, 3.63) is 77.3 Å². The normalized spacial score (nSPS) is 11.2. The average molecular weight is 684 g/mol. The highest BCUT2D eigenvalue weighted by Gasteiger charge is 2.23. The number of carbonyl (C=O) groups excluding carboxylic acids is 2. The third-order valence-corrected chi connectivity index (χ3v) is 9.57. The van der Waals surface area contributed by atoms with Gasteiger partial charge < -0.3 is 15.5 Å². The summed E-state index contributed by atoms with van der Waals surface area (Å²) in [4.78, 5) is 29.6. The number of urea groups is 2. The van der Waals surface area contributed by atoms with Gasteiger partial charge in [0.15, 0.2) is 0 Å². The highest BCUT2D eigenvalue weighted by Crippen LogP contribution is 2.31. The number of carbonyl (C=O) groups is 2. The molecular weight excluding hydrogens is 634 g/mol. The molecule has 3 aromatic carbocycles. The minimum absolute atomic E-state index is 0.00958. The smallest absolute Gasteiger partial charge is 0.328 e. The van der Waals surface area contributed by atoms with Gasteiger partial charge in [0.1, 0.15) is 0 Å². The Labute approximate surface area is 286 Å². The van der Waals surface area contributed by atoms with E-state index in [0.717, 1.165) is 69.2 Å². The second-order valence-corrected chi connectivity index (χ2v) is 13.7. The van der Waals surface area contributed by atoms with Crippen molar-refractivity contribution in [2.24, 2.45) is 0 Å². The molecule has 3 aromatic rings. The predicted octanol–water partition coefficient (Wildman–Crippen LogP) is 8.65. The lowest BCUT2D eigenvalue weighted by atomic mass is 10.0. The van der Waals surface area contributed by atoms with E-state index in [1.165, 1.54) is 6.07 Å². The molecule has 3 rings (SSSR count). The Morgan fingerprint density at radius 3 is 2.19 bits per heavy atom.